The number of aromatic nitrogens is 1. The van der Waals surface area contributed by atoms with E-state index in [1.165, 1.54) is 6.92 Å². The molecule has 8 heteroatoms. The van der Waals surface area contributed by atoms with Gasteiger partial charge in [0.2, 0.25) is 0 Å². The molecule has 2 aliphatic rings. The zero-order valence-electron chi connectivity index (χ0n) is 15.9. The number of nitrogens with two attached hydrogens (primary N) is 1. The molecule has 0 bridgehead atoms. The van der Waals surface area contributed by atoms with Gasteiger partial charge in [-0.1, -0.05) is 17.5 Å². The zero-order chi connectivity index (χ0) is 19.5. The SMILES string of the molecule is CC(=O)c1cn(C2CC2)c2cc(N3CC(=O)C(C)(CN)C3)c(F)[c-]c2c1=O.[Y]. The first-order chi connectivity index (χ1) is 12.7. The fourth-order valence-electron chi connectivity index (χ4n) is 3.70. The Bertz CT molecular complexity index is 1050. The summed E-state index contributed by atoms with van der Waals surface area (Å²) in [5, 5.41) is 0.0722. The Balaban J connectivity index is 0.00000225. The number of fused-ring (bicyclic) bond motifs is 1. The quantitative estimate of drug-likeness (QED) is 0.557. The minimum atomic E-state index is -0.712. The van der Waals surface area contributed by atoms with E-state index in [2.05, 4.69) is 6.07 Å². The largest absolute Gasteiger partial charge is 0.400 e. The molecule has 1 aliphatic carbocycles. The van der Waals surface area contributed by atoms with E-state index in [1.54, 1.807) is 24.1 Å². The third-order valence-electron chi connectivity index (χ3n) is 5.67. The van der Waals surface area contributed by atoms with Gasteiger partial charge in [0.25, 0.3) is 0 Å². The number of hydrogen-bond donors (Lipinski definition) is 1. The van der Waals surface area contributed by atoms with Gasteiger partial charge in [0.15, 0.2) is 11.6 Å². The minimum absolute atomic E-state index is 0. The molecule has 4 rings (SSSR count). The van der Waals surface area contributed by atoms with Gasteiger partial charge in [0, 0.05) is 63.6 Å². The van der Waals surface area contributed by atoms with E-state index in [4.69, 9.17) is 5.73 Å². The molecule has 6 nitrogen and oxygen atoms in total. The number of carbonyl (C=O) groups is 2. The first-order valence-electron chi connectivity index (χ1n) is 9.05. The Morgan fingerprint density at radius 3 is 2.61 bits per heavy atom. The smallest absolute Gasteiger partial charge is 0.160 e. The standard InChI is InChI=1S/C20H21FN3O3.Y/c1-11(25)14-7-24(12-3-4-12)16-6-17(15(21)5-13(16)19(14)27)23-8-18(26)20(2,9-22)10-23;/h6-7,12H,3-4,8-10,22H2,1-2H3;/q-1;. The second-order valence-corrected chi connectivity index (χ2v) is 7.84. The van der Waals surface area contributed by atoms with E-state index < -0.39 is 16.7 Å². The van der Waals surface area contributed by atoms with E-state index in [9.17, 15) is 18.8 Å². The summed E-state index contributed by atoms with van der Waals surface area (Å²) in [5.74, 6) is -1.08. The summed E-state index contributed by atoms with van der Waals surface area (Å²) >= 11 is 0. The number of Topliss-reactive ketones (excluding diaryl/α,β-unsaturated/α-hetero) is 2. The Morgan fingerprint density at radius 2 is 2.07 bits per heavy atom. The van der Waals surface area contributed by atoms with Gasteiger partial charge >= 0.3 is 0 Å². The molecule has 1 radical (unpaired) electrons. The molecule has 145 valence electrons. The van der Waals surface area contributed by atoms with Crippen molar-refractivity contribution in [3.05, 3.63) is 39.9 Å². The van der Waals surface area contributed by atoms with Gasteiger partial charge < -0.3 is 20.0 Å². The number of rotatable bonds is 4. The van der Waals surface area contributed by atoms with Crippen molar-refractivity contribution < 1.29 is 46.7 Å². The van der Waals surface area contributed by atoms with Crippen LogP contribution >= 0.6 is 0 Å². The Kier molecular flexibility index (Phi) is 5.65. The molecule has 1 atom stereocenters. The summed E-state index contributed by atoms with van der Waals surface area (Å²) in [5.41, 5.74) is 5.33. The first kappa shape index (κ1) is 21.3. The molecule has 28 heavy (non-hydrogen) atoms. The molecule has 1 saturated heterocycles. The maximum Gasteiger partial charge on any atom is 0.160 e. The third-order valence-corrected chi connectivity index (χ3v) is 5.67. The predicted octanol–water partition coefficient (Wildman–Crippen LogP) is 1.83. The normalized spacial score (nSPS) is 21.9. The van der Waals surface area contributed by atoms with E-state index in [1.807, 2.05) is 4.57 Å². The number of nitrogens with zero attached hydrogens (tertiary/aromatic N) is 2. The summed E-state index contributed by atoms with van der Waals surface area (Å²) in [6.07, 6.45) is 3.45. The maximum absolute atomic E-state index is 14.8. The molecular formula is C20H21FN3O3Y-. The number of carbonyl (C=O) groups excluding carboxylic acids is 2. The zero-order valence-corrected chi connectivity index (χ0v) is 18.8. The number of pyridine rings is 1. The molecule has 1 aromatic carbocycles. The first-order valence-corrected chi connectivity index (χ1v) is 9.05. The van der Waals surface area contributed by atoms with Crippen LogP contribution in [-0.4, -0.2) is 35.8 Å². The Hall–Kier alpha value is -1.44. The second kappa shape index (κ2) is 7.43. The fraction of sp³-hybridized carbons (Fsp3) is 0.450. The summed E-state index contributed by atoms with van der Waals surface area (Å²) in [7, 11) is 0. The van der Waals surface area contributed by atoms with Gasteiger partial charge in [-0.15, -0.1) is 0 Å². The van der Waals surface area contributed by atoms with Gasteiger partial charge in [-0.2, -0.15) is 0 Å². The molecular weight excluding hydrogens is 438 g/mol. The van der Waals surface area contributed by atoms with Crippen molar-refractivity contribution in [1.29, 1.82) is 0 Å². The van der Waals surface area contributed by atoms with Crippen LogP contribution in [0.1, 0.15) is 43.1 Å². The van der Waals surface area contributed by atoms with Crippen LogP contribution in [0, 0.1) is 17.3 Å². The van der Waals surface area contributed by atoms with Gasteiger partial charge in [0.05, 0.1) is 17.8 Å². The van der Waals surface area contributed by atoms with Gasteiger partial charge in [-0.05, 0) is 37.9 Å². The summed E-state index contributed by atoms with van der Waals surface area (Å²) in [6.45, 7) is 3.68. The third kappa shape index (κ3) is 3.38. The molecule has 1 aliphatic heterocycles. The molecule has 2 N–H and O–H groups in total. The van der Waals surface area contributed by atoms with E-state index in [0.717, 1.165) is 12.8 Å². The number of hydrogen-bond acceptors (Lipinski definition) is 5. The van der Waals surface area contributed by atoms with Crippen LogP contribution < -0.4 is 16.1 Å². The molecule has 1 unspecified atom stereocenters. The van der Waals surface area contributed by atoms with E-state index in [-0.39, 0.29) is 80.0 Å². The van der Waals surface area contributed by atoms with E-state index in [0.29, 0.717) is 12.1 Å². The van der Waals surface area contributed by atoms with Crippen molar-refractivity contribution in [2.75, 3.05) is 24.5 Å². The van der Waals surface area contributed by atoms with Crippen molar-refractivity contribution in [3.63, 3.8) is 0 Å². The molecule has 2 aromatic rings. The van der Waals surface area contributed by atoms with Crippen LogP contribution in [0.5, 0.6) is 0 Å². The fourth-order valence-corrected chi connectivity index (χ4v) is 3.70. The number of halogens is 1. The molecule has 1 saturated carbocycles. The number of ketones is 2. The molecule has 0 spiro atoms. The molecule has 0 amide bonds. The van der Waals surface area contributed by atoms with Crippen molar-refractivity contribution in [2.24, 2.45) is 11.1 Å². The van der Waals surface area contributed by atoms with E-state index >= 15 is 0 Å². The summed E-state index contributed by atoms with van der Waals surface area (Å²) in [4.78, 5) is 38.4. The topological polar surface area (TPSA) is 85.4 Å². The number of benzene rings is 1. The summed E-state index contributed by atoms with van der Waals surface area (Å²) in [6, 6.07) is 4.33. The van der Waals surface area contributed by atoms with Crippen molar-refractivity contribution in [2.45, 2.75) is 32.7 Å². The minimum Gasteiger partial charge on any atom is -0.400 e. The molecule has 1 aromatic heterocycles. The Morgan fingerprint density at radius 1 is 1.39 bits per heavy atom. The van der Waals surface area contributed by atoms with Gasteiger partial charge in [-0.25, -0.2) is 4.39 Å². The van der Waals surface area contributed by atoms with Crippen LogP contribution in [0.25, 0.3) is 10.9 Å². The molecule has 2 fully saturated rings. The van der Waals surface area contributed by atoms with Gasteiger partial charge in [-0.3, -0.25) is 9.59 Å². The average Bonchev–Trinajstić information content (AvgIpc) is 3.41. The van der Waals surface area contributed by atoms with Crippen LogP contribution in [0.3, 0.4) is 0 Å². The van der Waals surface area contributed by atoms with Gasteiger partial charge in [0.1, 0.15) is 5.43 Å². The van der Waals surface area contributed by atoms with Crippen molar-refractivity contribution in [3.8, 4) is 0 Å². The summed E-state index contributed by atoms with van der Waals surface area (Å²) < 4.78 is 16.7. The van der Waals surface area contributed by atoms with Crippen LogP contribution in [0.2, 0.25) is 0 Å². The van der Waals surface area contributed by atoms with Crippen molar-refractivity contribution >= 4 is 28.2 Å². The maximum atomic E-state index is 14.8. The Labute approximate surface area is 187 Å². The van der Waals surface area contributed by atoms with Crippen LogP contribution in [0.15, 0.2) is 17.1 Å². The van der Waals surface area contributed by atoms with Crippen LogP contribution in [0.4, 0.5) is 10.1 Å². The average molecular weight is 459 g/mol. The number of anilines is 1. The second-order valence-electron chi connectivity index (χ2n) is 7.84. The van der Waals surface area contributed by atoms with Crippen LogP contribution in [-0.2, 0) is 37.5 Å². The van der Waals surface area contributed by atoms with Crippen molar-refractivity contribution in [1.82, 2.24) is 4.57 Å². The molecule has 2 heterocycles. The monoisotopic (exact) mass is 459 g/mol. The predicted molar refractivity (Wildman–Crippen MR) is 99.7 cm³/mol.